The number of piperidine rings is 1. The molecular weight excluding hydrogens is 720 g/mol. The molecule has 3 atom stereocenters. The first-order chi connectivity index (χ1) is 26.5. The van der Waals surface area contributed by atoms with Gasteiger partial charge in [-0.15, -0.1) is 0 Å². The number of rotatable bonds is 14. The Morgan fingerprint density at radius 3 is 2.16 bits per heavy atom. The van der Waals surface area contributed by atoms with Crippen molar-refractivity contribution >= 4 is 27.5 Å². The van der Waals surface area contributed by atoms with E-state index in [9.17, 15) is 27.5 Å². The van der Waals surface area contributed by atoms with Crippen LogP contribution in [0.5, 0.6) is 0 Å². The Morgan fingerprint density at radius 1 is 0.855 bits per heavy atom. The maximum atomic E-state index is 14.9. The van der Waals surface area contributed by atoms with Crippen molar-refractivity contribution in [3.8, 4) is 0 Å². The number of carboxylic acid groups (broad SMARTS) is 1. The lowest BCUT2D eigenvalue weighted by molar-refractivity contribution is -0.130. The van der Waals surface area contributed by atoms with E-state index in [0.29, 0.717) is 28.8 Å². The minimum Gasteiger partial charge on any atom is -0.465 e. The van der Waals surface area contributed by atoms with Crippen LogP contribution in [0, 0.1) is 23.6 Å². The van der Waals surface area contributed by atoms with Crippen molar-refractivity contribution in [2.45, 2.75) is 66.5 Å². The lowest BCUT2D eigenvalue weighted by atomic mass is 9.57. The zero-order valence-corrected chi connectivity index (χ0v) is 32.8. The summed E-state index contributed by atoms with van der Waals surface area (Å²) >= 11 is 0. The van der Waals surface area contributed by atoms with Crippen LogP contribution in [0.15, 0.2) is 65.6 Å². The molecule has 0 bridgehead atoms. The molecule has 2 aromatic carbocycles. The summed E-state index contributed by atoms with van der Waals surface area (Å²) in [5, 5.41) is 12.1. The number of nitrogens with zero attached hydrogens (tertiary/aromatic N) is 5. The van der Waals surface area contributed by atoms with Crippen LogP contribution < -0.4 is 10.2 Å². The summed E-state index contributed by atoms with van der Waals surface area (Å²) in [6.07, 6.45) is 6.05. The van der Waals surface area contributed by atoms with Crippen LogP contribution in [-0.4, -0.2) is 141 Å². The monoisotopic (exact) mass is 776 g/mol. The predicted molar refractivity (Wildman–Crippen MR) is 210 cm³/mol. The molecule has 0 spiro atoms. The molecule has 55 heavy (non-hydrogen) atoms. The average molecular weight is 777 g/mol. The van der Waals surface area contributed by atoms with Crippen LogP contribution in [0.25, 0.3) is 0 Å². The molecular formula is C42H57FN6O5S. The van der Waals surface area contributed by atoms with E-state index in [1.54, 1.807) is 23.1 Å². The van der Waals surface area contributed by atoms with Crippen molar-refractivity contribution in [2.24, 2.45) is 17.8 Å². The fourth-order valence-corrected chi connectivity index (χ4v) is 12.2. The number of halogens is 1. The summed E-state index contributed by atoms with van der Waals surface area (Å²) in [7, 11) is -3.54. The second-order valence-corrected chi connectivity index (χ2v) is 19.5. The maximum absolute atomic E-state index is 14.9. The molecule has 11 nitrogen and oxygen atoms in total. The van der Waals surface area contributed by atoms with Gasteiger partial charge in [-0.25, -0.2) is 17.6 Å². The summed E-state index contributed by atoms with van der Waals surface area (Å²) in [5.41, 5.74) is 2.25. The minimum absolute atomic E-state index is 0.113. The number of sulfone groups is 1. The van der Waals surface area contributed by atoms with Crippen LogP contribution in [0.2, 0.25) is 0 Å². The van der Waals surface area contributed by atoms with E-state index in [1.807, 2.05) is 18.2 Å². The SMILES string of the molecule is C=C(CN1CCC1)C(=O)N1CC(S(=O)(=O)c2ccc(N3CC(CN4CCC(C(CN5CCC5)(c5cccc(F)c5)[C@H]5CCC[C@@H]5NC(=O)O)CC4)C3)cc2)C1. The Hall–Kier alpha value is -3.52. The van der Waals surface area contributed by atoms with Crippen molar-refractivity contribution in [2.75, 3.05) is 90.0 Å². The van der Waals surface area contributed by atoms with Gasteiger partial charge >= 0.3 is 6.09 Å². The molecule has 0 radical (unpaired) electrons. The van der Waals surface area contributed by atoms with Gasteiger partial charge in [-0.1, -0.05) is 25.1 Å². The summed E-state index contributed by atoms with van der Waals surface area (Å²) in [4.78, 5) is 36.1. The smallest absolute Gasteiger partial charge is 0.404 e. The number of hydrogen-bond acceptors (Lipinski definition) is 8. The summed E-state index contributed by atoms with van der Waals surface area (Å²) in [6.45, 7) is 14.6. The molecule has 8 rings (SSSR count). The molecule has 5 saturated heterocycles. The number of nitrogens with one attached hydrogen (secondary N) is 1. The van der Waals surface area contributed by atoms with Crippen molar-refractivity contribution in [3.63, 3.8) is 0 Å². The van der Waals surface area contributed by atoms with Gasteiger partial charge in [0.2, 0.25) is 0 Å². The zero-order chi connectivity index (χ0) is 38.3. The molecule has 1 aliphatic carbocycles. The van der Waals surface area contributed by atoms with Gasteiger partial charge in [0, 0.05) is 74.4 Å². The van der Waals surface area contributed by atoms with Gasteiger partial charge in [-0.3, -0.25) is 9.69 Å². The van der Waals surface area contributed by atoms with E-state index < -0.39 is 21.2 Å². The van der Waals surface area contributed by atoms with E-state index in [2.05, 4.69) is 37.6 Å². The first-order valence-corrected chi connectivity index (χ1v) is 22.0. The second-order valence-electron chi connectivity index (χ2n) is 17.2. The molecule has 1 unspecified atom stereocenters. The highest BCUT2D eigenvalue weighted by Crippen LogP contribution is 2.51. The van der Waals surface area contributed by atoms with Crippen LogP contribution in [0.4, 0.5) is 14.9 Å². The topological polar surface area (TPSA) is 117 Å². The molecule has 298 valence electrons. The van der Waals surface area contributed by atoms with Crippen LogP contribution in [0.3, 0.4) is 0 Å². The van der Waals surface area contributed by atoms with E-state index in [-0.39, 0.29) is 42.2 Å². The molecule has 2 amide bonds. The number of benzene rings is 2. The fraction of sp³-hybridized carbons (Fsp3) is 0.619. The lowest BCUT2D eigenvalue weighted by Crippen LogP contribution is -2.60. The third kappa shape index (κ3) is 7.78. The van der Waals surface area contributed by atoms with Crippen molar-refractivity contribution in [1.82, 2.24) is 24.9 Å². The van der Waals surface area contributed by atoms with Crippen LogP contribution in [-0.2, 0) is 20.0 Å². The molecule has 1 saturated carbocycles. The Kier molecular flexibility index (Phi) is 11.0. The summed E-state index contributed by atoms with van der Waals surface area (Å²) < 4.78 is 41.7. The van der Waals surface area contributed by atoms with E-state index in [4.69, 9.17) is 0 Å². The average Bonchev–Trinajstić information content (AvgIpc) is 3.55. The fourth-order valence-electron chi connectivity index (χ4n) is 10.5. The third-order valence-electron chi connectivity index (χ3n) is 13.8. The molecule has 5 heterocycles. The third-order valence-corrected chi connectivity index (χ3v) is 15.9. The van der Waals surface area contributed by atoms with Crippen molar-refractivity contribution < 1.29 is 27.5 Å². The van der Waals surface area contributed by atoms with Crippen molar-refractivity contribution in [3.05, 3.63) is 72.1 Å². The van der Waals surface area contributed by atoms with Gasteiger partial charge in [0.15, 0.2) is 9.84 Å². The molecule has 0 aromatic heterocycles. The zero-order valence-electron chi connectivity index (χ0n) is 32.0. The van der Waals surface area contributed by atoms with Gasteiger partial charge in [0.1, 0.15) is 11.1 Å². The number of anilines is 1. The number of likely N-dealkylation sites (tertiary alicyclic amines) is 4. The molecule has 2 aromatic rings. The highest BCUT2D eigenvalue weighted by Gasteiger charge is 2.53. The summed E-state index contributed by atoms with van der Waals surface area (Å²) in [5.74, 6) is 0.576. The molecule has 2 N–H and O–H groups in total. The normalized spacial score (nSPS) is 25.7. The molecule has 6 fully saturated rings. The first kappa shape index (κ1) is 38.4. The van der Waals surface area contributed by atoms with Gasteiger partial charge in [-0.2, -0.15) is 0 Å². The maximum Gasteiger partial charge on any atom is 0.404 e. The highest BCUT2D eigenvalue weighted by atomic mass is 32.2. The highest BCUT2D eigenvalue weighted by molar-refractivity contribution is 7.92. The Bertz CT molecular complexity index is 1830. The molecule has 5 aliphatic heterocycles. The summed E-state index contributed by atoms with van der Waals surface area (Å²) in [6, 6.07) is 14.3. The van der Waals surface area contributed by atoms with Crippen LogP contribution in [0.1, 0.15) is 50.5 Å². The van der Waals surface area contributed by atoms with Gasteiger partial charge in [-0.05, 0) is 132 Å². The Balaban J connectivity index is 0.855. The van der Waals surface area contributed by atoms with Gasteiger partial charge in [0.25, 0.3) is 5.91 Å². The first-order valence-electron chi connectivity index (χ1n) is 20.5. The van der Waals surface area contributed by atoms with Crippen molar-refractivity contribution in [1.29, 1.82) is 0 Å². The number of carbonyl (C=O) groups is 2. The number of carbonyl (C=O) groups excluding carboxylic acids is 1. The molecule has 13 heteroatoms. The van der Waals surface area contributed by atoms with Gasteiger partial charge in [0.05, 0.1) is 4.90 Å². The predicted octanol–water partition coefficient (Wildman–Crippen LogP) is 4.30. The van der Waals surface area contributed by atoms with Crippen LogP contribution >= 0.6 is 0 Å². The Labute approximate surface area is 325 Å². The largest absolute Gasteiger partial charge is 0.465 e. The second kappa shape index (κ2) is 15.8. The van der Waals surface area contributed by atoms with E-state index in [1.165, 1.54) is 12.5 Å². The number of hydrogen-bond donors (Lipinski definition) is 2. The van der Waals surface area contributed by atoms with Gasteiger partial charge < -0.3 is 30.0 Å². The quantitative estimate of drug-likeness (QED) is 0.271. The van der Waals surface area contributed by atoms with E-state index in [0.717, 1.165) is 115 Å². The molecule has 6 aliphatic rings. The lowest BCUT2D eigenvalue weighted by Gasteiger charge is -2.54. The van der Waals surface area contributed by atoms with E-state index >= 15 is 0 Å². The standard InChI is InChI=1S/C42H57FN6O5S/c1-30(23-45-16-4-17-45)40(50)49-27-37(28-49)55(53,54)36-12-10-35(11-13-36)48-25-31(26-48)24-46-20-14-32(15-21-46)42(29-47-18-5-19-47,33-6-2-7-34(43)22-33)38-8-3-9-39(38)44-41(51)52/h2,6-7,10-13,22,31-32,37-39,44H,1,3-5,8-9,14-21,23-29H2,(H,51,52)/t38-,39-,42?/m0/s1. The number of amides is 2. The minimum atomic E-state index is -3.54. The Morgan fingerprint density at radius 2 is 1.55 bits per heavy atom.